The van der Waals surface area contributed by atoms with Gasteiger partial charge in [0.25, 0.3) is 6.43 Å². The Bertz CT molecular complexity index is 933. The van der Waals surface area contributed by atoms with E-state index in [1.807, 2.05) is 0 Å². The fraction of sp³-hybridized carbons (Fsp3) is 0.412. The highest BCUT2D eigenvalue weighted by molar-refractivity contribution is 5.59. The minimum Gasteiger partial charge on any atom is -0.468 e. The lowest BCUT2D eigenvalue weighted by Crippen LogP contribution is -2.25. The first kappa shape index (κ1) is 19.9. The molecule has 0 aliphatic rings. The number of fused-ring (bicyclic) bond motifs is 1. The number of halogens is 4. The van der Waals surface area contributed by atoms with Gasteiger partial charge in [0.2, 0.25) is 11.7 Å². The van der Waals surface area contributed by atoms with Gasteiger partial charge in [0.15, 0.2) is 11.8 Å². The molecule has 0 aliphatic carbocycles. The summed E-state index contributed by atoms with van der Waals surface area (Å²) in [5.74, 6) is -0.652. The molecule has 0 spiro atoms. The van der Waals surface area contributed by atoms with Gasteiger partial charge in [-0.1, -0.05) is 13.3 Å². The molecule has 1 atom stereocenters. The summed E-state index contributed by atoms with van der Waals surface area (Å²) in [5.41, 5.74) is 0.889. The molecule has 0 saturated heterocycles. The highest BCUT2D eigenvalue weighted by atomic mass is 19.3. The van der Waals surface area contributed by atoms with Crippen molar-refractivity contribution in [3.05, 3.63) is 36.5 Å². The molecule has 0 aliphatic heterocycles. The van der Waals surface area contributed by atoms with Gasteiger partial charge >= 0.3 is 6.11 Å². The van der Waals surface area contributed by atoms with E-state index in [2.05, 4.69) is 24.9 Å². The second kappa shape index (κ2) is 8.05. The average molecular weight is 399 g/mol. The Balaban J connectivity index is 1.87. The molecule has 3 aromatic heterocycles. The van der Waals surface area contributed by atoms with Crippen molar-refractivity contribution in [3.63, 3.8) is 0 Å². The Labute approximate surface area is 157 Å². The predicted octanol–water partition coefficient (Wildman–Crippen LogP) is 3.69. The van der Waals surface area contributed by atoms with Crippen molar-refractivity contribution in [2.75, 3.05) is 7.11 Å². The number of hydrogen-bond donors (Lipinski definition) is 0. The Kier molecular flexibility index (Phi) is 5.73. The van der Waals surface area contributed by atoms with E-state index in [1.165, 1.54) is 24.7 Å². The van der Waals surface area contributed by atoms with Gasteiger partial charge in [0.1, 0.15) is 0 Å². The van der Waals surface area contributed by atoms with Gasteiger partial charge in [0.05, 0.1) is 11.9 Å². The van der Waals surface area contributed by atoms with Crippen LogP contribution in [0.15, 0.2) is 30.7 Å². The molecule has 0 saturated carbocycles. The van der Waals surface area contributed by atoms with Crippen LogP contribution in [0, 0.1) is 0 Å². The molecule has 0 unspecified atom stereocenters. The first-order chi connectivity index (χ1) is 13.4. The number of alkyl halides is 4. The molecule has 7 nitrogen and oxygen atoms in total. The molecular weight excluding hydrogens is 382 g/mol. The number of pyridine rings is 1. The fourth-order valence-corrected chi connectivity index (χ4v) is 2.52. The first-order valence-corrected chi connectivity index (χ1v) is 8.41. The van der Waals surface area contributed by atoms with E-state index in [0.29, 0.717) is 17.7 Å². The molecule has 0 bridgehead atoms. The lowest BCUT2D eigenvalue weighted by atomic mass is 10.2. The highest BCUT2D eigenvalue weighted by Gasteiger charge is 2.37. The van der Waals surface area contributed by atoms with Crippen LogP contribution in [-0.4, -0.2) is 44.2 Å². The SMILES string of the molecule is CCC[C@H](Oc1ccc(-c2cn3c(C(F)(F)OC)nnc3cn2)cn1)C(F)F. The maximum Gasteiger partial charge on any atom is 0.417 e. The van der Waals surface area contributed by atoms with Crippen molar-refractivity contribution in [2.24, 2.45) is 0 Å². The van der Waals surface area contributed by atoms with E-state index < -0.39 is 24.5 Å². The number of nitrogens with zero attached hydrogens (tertiary/aromatic N) is 5. The smallest absolute Gasteiger partial charge is 0.417 e. The van der Waals surface area contributed by atoms with Crippen molar-refractivity contribution >= 4 is 5.65 Å². The van der Waals surface area contributed by atoms with Crippen LogP contribution >= 0.6 is 0 Å². The molecule has 0 radical (unpaired) electrons. The number of methoxy groups -OCH3 is 1. The summed E-state index contributed by atoms with van der Waals surface area (Å²) in [6.07, 6.45) is -2.81. The van der Waals surface area contributed by atoms with Crippen LogP contribution in [0.5, 0.6) is 5.88 Å². The molecule has 0 N–H and O–H groups in total. The molecule has 3 rings (SSSR count). The summed E-state index contributed by atoms with van der Waals surface area (Å²) >= 11 is 0. The van der Waals surface area contributed by atoms with Crippen LogP contribution in [-0.2, 0) is 10.8 Å². The van der Waals surface area contributed by atoms with Crippen molar-refractivity contribution in [1.82, 2.24) is 24.6 Å². The average Bonchev–Trinajstić information content (AvgIpc) is 3.12. The lowest BCUT2D eigenvalue weighted by molar-refractivity contribution is -0.237. The van der Waals surface area contributed by atoms with Gasteiger partial charge in [0, 0.05) is 31.1 Å². The maximum atomic E-state index is 13.8. The molecule has 3 heterocycles. The quantitative estimate of drug-likeness (QED) is 0.538. The molecule has 0 fully saturated rings. The van der Waals surface area contributed by atoms with E-state index in [-0.39, 0.29) is 17.9 Å². The van der Waals surface area contributed by atoms with Crippen LogP contribution in [0.4, 0.5) is 17.6 Å². The van der Waals surface area contributed by atoms with Gasteiger partial charge in [-0.15, -0.1) is 10.2 Å². The van der Waals surface area contributed by atoms with E-state index >= 15 is 0 Å². The van der Waals surface area contributed by atoms with E-state index in [0.717, 1.165) is 11.5 Å². The van der Waals surface area contributed by atoms with Crippen LogP contribution in [0.2, 0.25) is 0 Å². The van der Waals surface area contributed by atoms with Crippen LogP contribution < -0.4 is 4.74 Å². The third kappa shape index (κ3) is 4.03. The van der Waals surface area contributed by atoms with Crippen LogP contribution in [0.1, 0.15) is 25.6 Å². The molecule has 150 valence electrons. The third-order valence-electron chi connectivity index (χ3n) is 3.97. The third-order valence-corrected chi connectivity index (χ3v) is 3.97. The van der Waals surface area contributed by atoms with Crippen LogP contribution in [0.25, 0.3) is 16.9 Å². The second-order valence-corrected chi connectivity index (χ2v) is 5.91. The Morgan fingerprint density at radius 1 is 1.14 bits per heavy atom. The maximum absolute atomic E-state index is 13.8. The Morgan fingerprint density at radius 2 is 1.93 bits per heavy atom. The summed E-state index contributed by atoms with van der Waals surface area (Å²) < 4.78 is 64.0. The summed E-state index contributed by atoms with van der Waals surface area (Å²) in [4.78, 5) is 8.14. The largest absolute Gasteiger partial charge is 0.468 e. The van der Waals surface area contributed by atoms with Gasteiger partial charge in [-0.05, 0) is 12.5 Å². The van der Waals surface area contributed by atoms with E-state index in [1.54, 1.807) is 13.0 Å². The summed E-state index contributed by atoms with van der Waals surface area (Å²) in [7, 11) is 0.858. The van der Waals surface area contributed by atoms with Crippen molar-refractivity contribution in [1.29, 1.82) is 0 Å². The predicted molar refractivity (Wildman–Crippen MR) is 90.2 cm³/mol. The second-order valence-electron chi connectivity index (χ2n) is 5.91. The Hall–Kier alpha value is -2.82. The molecule has 3 aromatic rings. The number of hydrogen-bond acceptors (Lipinski definition) is 6. The number of aromatic nitrogens is 5. The highest BCUT2D eigenvalue weighted by Crippen LogP contribution is 2.28. The van der Waals surface area contributed by atoms with E-state index in [9.17, 15) is 17.6 Å². The number of ether oxygens (including phenoxy) is 2. The molecule has 28 heavy (non-hydrogen) atoms. The minimum absolute atomic E-state index is 0.0412. The molecular formula is C17H17F4N5O2. The topological polar surface area (TPSA) is 74.4 Å². The standard InChI is InChI=1S/C17H17F4N5O2/c1-3-4-12(15(18)19)28-14-6-5-10(7-23-14)11-9-26-13(8-22-11)24-25-16(26)17(20,21)27-2/h5-9,12,15H,3-4H2,1-2H3/t12-/m0/s1. The zero-order valence-electron chi connectivity index (χ0n) is 15.0. The van der Waals surface area contributed by atoms with Gasteiger partial charge in [-0.3, -0.25) is 9.38 Å². The monoisotopic (exact) mass is 399 g/mol. The number of rotatable bonds is 8. The first-order valence-electron chi connectivity index (χ1n) is 8.41. The van der Waals surface area contributed by atoms with Crippen molar-refractivity contribution < 1.29 is 27.0 Å². The molecule has 11 heteroatoms. The van der Waals surface area contributed by atoms with Gasteiger partial charge in [-0.2, -0.15) is 8.78 Å². The Morgan fingerprint density at radius 3 is 2.54 bits per heavy atom. The van der Waals surface area contributed by atoms with Gasteiger partial charge < -0.3 is 9.47 Å². The van der Waals surface area contributed by atoms with Crippen LogP contribution in [0.3, 0.4) is 0 Å². The van der Waals surface area contributed by atoms with Crippen molar-refractivity contribution in [2.45, 2.75) is 38.4 Å². The summed E-state index contributed by atoms with van der Waals surface area (Å²) in [6.45, 7) is 1.78. The zero-order chi connectivity index (χ0) is 20.3. The molecule has 0 amide bonds. The van der Waals surface area contributed by atoms with Gasteiger partial charge in [-0.25, -0.2) is 13.8 Å². The minimum atomic E-state index is -3.63. The van der Waals surface area contributed by atoms with Crippen molar-refractivity contribution in [3.8, 4) is 17.1 Å². The fourth-order valence-electron chi connectivity index (χ4n) is 2.52. The zero-order valence-corrected chi connectivity index (χ0v) is 15.0. The normalized spacial score (nSPS) is 13.2. The lowest BCUT2D eigenvalue weighted by Gasteiger charge is -2.16. The van der Waals surface area contributed by atoms with E-state index in [4.69, 9.17) is 4.74 Å². The molecule has 0 aromatic carbocycles. The summed E-state index contributed by atoms with van der Waals surface area (Å²) in [5, 5.41) is 7.08. The summed E-state index contributed by atoms with van der Waals surface area (Å²) in [6, 6.07) is 2.96.